The van der Waals surface area contributed by atoms with E-state index >= 15 is 0 Å². The van der Waals surface area contributed by atoms with Gasteiger partial charge >= 0.3 is 11.8 Å². The number of aromatic nitrogens is 2. The molecule has 0 N–H and O–H groups in total. The molecule has 0 saturated heterocycles. The molecule has 9 nitrogen and oxygen atoms in total. The molecular weight excluding hydrogens is 294 g/mol. The monoisotopic (exact) mass is 307 g/mol. The van der Waals surface area contributed by atoms with Crippen LogP contribution in [0.2, 0.25) is 0 Å². The predicted octanol–water partition coefficient (Wildman–Crippen LogP) is 1.58. The van der Waals surface area contributed by atoms with Crippen molar-refractivity contribution in [3.63, 3.8) is 0 Å². The van der Waals surface area contributed by atoms with Crippen molar-refractivity contribution in [2.24, 2.45) is 0 Å². The number of nitrogens with zero attached hydrogens (tertiary/aromatic N) is 3. The molecule has 0 aliphatic heterocycles. The highest BCUT2D eigenvalue weighted by molar-refractivity contribution is 5.94. The van der Waals surface area contributed by atoms with Gasteiger partial charge in [0.2, 0.25) is 6.33 Å². The van der Waals surface area contributed by atoms with E-state index in [9.17, 15) is 14.9 Å². The van der Waals surface area contributed by atoms with Gasteiger partial charge in [0.05, 0.1) is 27.0 Å². The molecule has 2 rings (SSSR count). The number of hydrogen-bond donors (Lipinski definition) is 0. The van der Waals surface area contributed by atoms with Crippen LogP contribution in [0.1, 0.15) is 10.4 Å². The van der Waals surface area contributed by atoms with Crippen LogP contribution in [0.4, 0.5) is 5.82 Å². The fourth-order valence-corrected chi connectivity index (χ4v) is 1.91. The third-order valence-electron chi connectivity index (χ3n) is 2.92. The molecule has 0 bridgehead atoms. The predicted molar refractivity (Wildman–Crippen MR) is 74.7 cm³/mol. The van der Waals surface area contributed by atoms with E-state index in [-0.39, 0.29) is 22.9 Å². The molecule has 0 amide bonds. The van der Waals surface area contributed by atoms with Gasteiger partial charge in [-0.25, -0.2) is 4.79 Å². The third-order valence-corrected chi connectivity index (χ3v) is 2.92. The first-order valence-corrected chi connectivity index (χ1v) is 6.05. The summed E-state index contributed by atoms with van der Waals surface area (Å²) in [5.74, 6) is -0.425. The number of ether oxygens (including phenoxy) is 3. The maximum absolute atomic E-state index is 11.9. The van der Waals surface area contributed by atoms with Crippen LogP contribution in [-0.4, -0.2) is 41.8 Å². The fraction of sp³-hybridized carbons (Fsp3) is 0.231. The lowest BCUT2D eigenvalue weighted by molar-refractivity contribution is -0.389. The molecular formula is C13H13N3O6. The number of esters is 1. The molecule has 9 heteroatoms. The Bertz CT molecular complexity index is 725. The Kier molecular flexibility index (Phi) is 4.25. The summed E-state index contributed by atoms with van der Waals surface area (Å²) in [7, 11) is 4.05. The Morgan fingerprint density at radius 3 is 2.50 bits per heavy atom. The lowest BCUT2D eigenvalue weighted by Crippen LogP contribution is -2.07. The summed E-state index contributed by atoms with van der Waals surface area (Å²) in [5, 5.41) is 10.7. The van der Waals surface area contributed by atoms with E-state index in [1.54, 1.807) is 6.07 Å². The zero-order chi connectivity index (χ0) is 16.3. The van der Waals surface area contributed by atoms with Gasteiger partial charge < -0.3 is 24.3 Å². The average molecular weight is 307 g/mol. The van der Waals surface area contributed by atoms with Crippen molar-refractivity contribution in [2.45, 2.75) is 0 Å². The Balaban J connectivity index is 2.60. The second-order valence-electron chi connectivity index (χ2n) is 4.12. The van der Waals surface area contributed by atoms with Gasteiger partial charge in [0.25, 0.3) is 0 Å². The number of methoxy groups -OCH3 is 3. The molecule has 1 aromatic carbocycles. The zero-order valence-electron chi connectivity index (χ0n) is 12.1. The maximum Gasteiger partial charge on any atom is 0.381 e. The highest BCUT2D eigenvalue weighted by Gasteiger charge is 2.21. The molecule has 0 atom stereocenters. The van der Waals surface area contributed by atoms with Crippen molar-refractivity contribution in [3.8, 4) is 17.2 Å². The van der Waals surface area contributed by atoms with Gasteiger partial charge in [0.1, 0.15) is 11.8 Å². The topological polar surface area (TPSA) is 106 Å². The first kappa shape index (κ1) is 15.3. The second-order valence-corrected chi connectivity index (χ2v) is 4.12. The Morgan fingerprint density at radius 1 is 1.27 bits per heavy atom. The SMILES string of the molecule is COC(=O)c1cc(-n2cnc([N+](=O)[O-])c2)cc(OC)c1OC. The van der Waals surface area contributed by atoms with Crippen LogP contribution in [0, 0.1) is 10.1 Å². The Morgan fingerprint density at radius 2 is 2.00 bits per heavy atom. The minimum Gasteiger partial charge on any atom is -0.493 e. The van der Waals surface area contributed by atoms with Crippen molar-refractivity contribution >= 4 is 11.8 Å². The summed E-state index contributed by atoms with van der Waals surface area (Å²) in [4.78, 5) is 25.6. The van der Waals surface area contributed by atoms with Crippen molar-refractivity contribution in [3.05, 3.63) is 40.3 Å². The van der Waals surface area contributed by atoms with E-state index in [0.717, 1.165) is 0 Å². The number of benzene rings is 1. The molecule has 1 heterocycles. The van der Waals surface area contributed by atoms with E-state index in [2.05, 4.69) is 4.98 Å². The van der Waals surface area contributed by atoms with Gasteiger partial charge in [-0.15, -0.1) is 0 Å². The molecule has 1 aromatic heterocycles. The molecule has 0 fully saturated rings. The Labute approximate surface area is 125 Å². The van der Waals surface area contributed by atoms with Crippen LogP contribution in [0.25, 0.3) is 5.69 Å². The number of imidazole rings is 1. The standard InChI is InChI=1S/C13H13N3O6/c1-20-10-5-8(15-6-11(14-7-15)16(18)19)4-9(12(10)21-2)13(17)22-3/h4-7H,1-3H3. The van der Waals surface area contributed by atoms with E-state index in [0.29, 0.717) is 5.69 Å². The molecule has 0 unspecified atom stereocenters. The highest BCUT2D eigenvalue weighted by atomic mass is 16.6. The first-order chi connectivity index (χ1) is 10.5. The van der Waals surface area contributed by atoms with Crippen molar-refractivity contribution in [1.29, 1.82) is 0 Å². The smallest absolute Gasteiger partial charge is 0.381 e. The van der Waals surface area contributed by atoms with Gasteiger partial charge in [-0.05, 0) is 16.0 Å². The van der Waals surface area contributed by atoms with Gasteiger partial charge in [0, 0.05) is 6.07 Å². The summed E-state index contributed by atoms with van der Waals surface area (Å²) in [6.07, 6.45) is 2.49. The summed E-state index contributed by atoms with van der Waals surface area (Å²) in [6, 6.07) is 3.04. The summed E-state index contributed by atoms with van der Waals surface area (Å²) < 4.78 is 16.5. The minimum atomic E-state index is -0.619. The van der Waals surface area contributed by atoms with Crippen molar-refractivity contribution in [1.82, 2.24) is 9.55 Å². The molecule has 0 saturated carbocycles. The molecule has 0 radical (unpaired) electrons. The van der Waals surface area contributed by atoms with Crippen LogP contribution in [0.3, 0.4) is 0 Å². The number of nitro groups is 1. The molecule has 0 spiro atoms. The van der Waals surface area contributed by atoms with Gasteiger partial charge in [-0.3, -0.25) is 4.57 Å². The minimum absolute atomic E-state index is 0.135. The number of carbonyl (C=O) groups excluding carboxylic acids is 1. The van der Waals surface area contributed by atoms with Crippen LogP contribution < -0.4 is 9.47 Å². The lowest BCUT2D eigenvalue weighted by Gasteiger charge is -2.13. The van der Waals surface area contributed by atoms with Crippen molar-refractivity contribution in [2.75, 3.05) is 21.3 Å². The third kappa shape index (κ3) is 2.68. The normalized spacial score (nSPS) is 10.1. The van der Waals surface area contributed by atoms with Gasteiger partial charge in [-0.2, -0.15) is 0 Å². The van der Waals surface area contributed by atoms with E-state index in [4.69, 9.17) is 14.2 Å². The molecule has 0 aliphatic carbocycles. The number of hydrogen-bond acceptors (Lipinski definition) is 7. The highest BCUT2D eigenvalue weighted by Crippen LogP contribution is 2.34. The molecule has 2 aromatic rings. The lowest BCUT2D eigenvalue weighted by atomic mass is 10.1. The van der Waals surface area contributed by atoms with E-state index in [1.807, 2.05) is 0 Å². The number of carbonyl (C=O) groups is 1. The second kappa shape index (κ2) is 6.12. The summed E-state index contributed by atoms with van der Waals surface area (Å²) in [6.45, 7) is 0. The van der Waals surface area contributed by atoms with Gasteiger partial charge in [0.15, 0.2) is 11.5 Å². The van der Waals surface area contributed by atoms with Gasteiger partial charge in [-0.1, -0.05) is 0 Å². The fourth-order valence-electron chi connectivity index (χ4n) is 1.91. The quantitative estimate of drug-likeness (QED) is 0.469. The van der Waals surface area contributed by atoms with Crippen LogP contribution in [0.5, 0.6) is 11.5 Å². The summed E-state index contributed by atoms with van der Waals surface area (Å²) in [5.41, 5.74) is 0.578. The van der Waals surface area contributed by atoms with E-state index < -0.39 is 10.9 Å². The van der Waals surface area contributed by atoms with E-state index in [1.165, 1.54) is 44.5 Å². The number of rotatable bonds is 5. The largest absolute Gasteiger partial charge is 0.493 e. The Hall–Kier alpha value is -3.10. The summed E-state index contributed by atoms with van der Waals surface area (Å²) >= 11 is 0. The van der Waals surface area contributed by atoms with Crippen LogP contribution in [-0.2, 0) is 4.74 Å². The van der Waals surface area contributed by atoms with Crippen LogP contribution in [0.15, 0.2) is 24.7 Å². The first-order valence-electron chi connectivity index (χ1n) is 6.05. The molecule has 116 valence electrons. The molecule has 22 heavy (non-hydrogen) atoms. The maximum atomic E-state index is 11.9. The van der Waals surface area contributed by atoms with Crippen molar-refractivity contribution < 1.29 is 23.9 Å². The molecule has 0 aliphatic rings. The zero-order valence-corrected chi connectivity index (χ0v) is 12.1. The van der Waals surface area contributed by atoms with Crippen LogP contribution >= 0.6 is 0 Å². The average Bonchev–Trinajstić information content (AvgIpc) is 3.02.